The molecule has 0 aliphatic heterocycles. The Hall–Kier alpha value is -1.26. The Morgan fingerprint density at radius 1 is 1.35 bits per heavy atom. The summed E-state index contributed by atoms with van der Waals surface area (Å²) in [6.45, 7) is 1.69. The van der Waals surface area contributed by atoms with Crippen molar-refractivity contribution >= 4 is 17.5 Å². The molecule has 1 amide bonds. The minimum absolute atomic E-state index is 0.160. The van der Waals surface area contributed by atoms with Crippen LogP contribution in [0.25, 0.3) is 0 Å². The SMILES string of the molecule is CC(Oc1ccc(Cl)cc1)C(=O)N[C@@H]1CCCC[C@H]1O. The van der Waals surface area contributed by atoms with E-state index in [1.807, 2.05) is 0 Å². The van der Waals surface area contributed by atoms with Crippen LogP contribution in [-0.2, 0) is 4.79 Å². The molecule has 0 radical (unpaired) electrons. The minimum Gasteiger partial charge on any atom is -0.481 e. The van der Waals surface area contributed by atoms with Gasteiger partial charge < -0.3 is 15.2 Å². The number of nitrogens with one attached hydrogen (secondary N) is 1. The average Bonchev–Trinajstić information content (AvgIpc) is 2.44. The zero-order valence-electron chi connectivity index (χ0n) is 11.5. The smallest absolute Gasteiger partial charge is 0.261 e. The van der Waals surface area contributed by atoms with Crippen LogP contribution in [0.3, 0.4) is 0 Å². The van der Waals surface area contributed by atoms with E-state index in [2.05, 4.69) is 5.32 Å². The molecule has 1 aromatic rings. The summed E-state index contributed by atoms with van der Waals surface area (Å²) in [7, 11) is 0. The second kappa shape index (κ2) is 6.95. The molecule has 0 heterocycles. The van der Waals surface area contributed by atoms with Crippen molar-refractivity contribution in [3.05, 3.63) is 29.3 Å². The number of rotatable bonds is 4. The number of carbonyl (C=O) groups is 1. The molecule has 1 aliphatic rings. The maximum atomic E-state index is 12.1. The molecule has 0 bridgehead atoms. The van der Waals surface area contributed by atoms with Crippen LogP contribution in [0.15, 0.2) is 24.3 Å². The van der Waals surface area contributed by atoms with E-state index in [-0.39, 0.29) is 11.9 Å². The standard InChI is InChI=1S/C15H20ClNO3/c1-10(20-12-8-6-11(16)7-9-12)15(19)17-13-4-2-3-5-14(13)18/h6-10,13-14,18H,2-5H2,1H3,(H,17,19)/t10?,13-,14-/m1/s1. The predicted octanol–water partition coefficient (Wildman–Crippen LogP) is 2.53. The Kier molecular flexibility index (Phi) is 5.26. The lowest BCUT2D eigenvalue weighted by Gasteiger charge is -2.29. The number of ether oxygens (including phenoxy) is 1. The molecule has 0 saturated heterocycles. The van der Waals surface area contributed by atoms with Crippen molar-refractivity contribution in [1.29, 1.82) is 0 Å². The maximum absolute atomic E-state index is 12.1. The molecule has 0 aromatic heterocycles. The lowest BCUT2D eigenvalue weighted by atomic mass is 9.92. The lowest BCUT2D eigenvalue weighted by molar-refractivity contribution is -0.129. The van der Waals surface area contributed by atoms with Crippen LogP contribution < -0.4 is 10.1 Å². The summed E-state index contributed by atoms with van der Waals surface area (Å²) in [4.78, 5) is 12.1. The van der Waals surface area contributed by atoms with Gasteiger partial charge in [-0.15, -0.1) is 0 Å². The van der Waals surface area contributed by atoms with E-state index in [0.29, 0.717) is 10.8 Å². The van der Waals surface area contributed by atoms with Crippen LogP contribution in [0.1, 0.15) is 32.6 Å². The van der Waals surface area contributed by atoms with Gasteiger partial charge in [0.15, 0.2) is 6.10 Å². The Bertz CT molecular complexity index is 449. The molecule has 1 fully saturated rings. The van der Waals surface area contributed by atoms with Crippen LogP contribution >= 0.6 is 11.6 Å². The summed E-state index contributed by atoms with van der Waals surface area (Å²) in [6, 6.07) is 6.72. The number of halogens is 1. The summed E-state index contributed by atoms with van der Waals surface area (Å²) in [5.41, 5.74) is 0. The Balaban J connectivity index is 1.86. The van der Waals surface area contributed by atoms with E-state index < -0.39 is 12.2 Å². The molecule has 1 aliphatic carbocycles. The van der Waals surface area contributed by atoms with Gasteiger partial charge in [-0.2, -0.15) is 0 Å². The number of hydrogen-bond acceptors (Lipinski definition) is 3. The molecule has 2 N–H and O–H groups in total. The fourth-order valence-corrected chi connectivity index (χ4v) is 2.48. The molecule has 3 atom stereocenters. The first-order valence-electron chi connectivity index (χ1n) is 6.97. The third kappa shape index (κ3) is 4.12. The molecule has 2 rings (SSSR count). The Morgan fingerprint density at radius 2 is 2.00 bits per heavy atom. The van der Waals surface area contributed by atoms with E-state index in [4.69, 9.17) is 16.3 Å². The van der Waals surface area contributed by atoms with Gasteiger partial charge in [0.25, 0.3) is 5.91 Å². The van der Waals surface area contributed by atoms with Gasteiger partial charge in [0.2, 0.25) is 0 Å². The number of aliphatic hydroxyl groups excluding tert-OH is 1. The maximum Gasteiger partial charge on any atom is 0.261 e. The predicted molar refractivity (Wildman–Crippen MR) is 77.9 cm³/mol. The van der Waals surface area contributed by atoms with Crippen LogP contribution in [0.4, 0.5) is 0 Å². The fraction of sp³-hybridized carbons (Fsp3) is 0.533. The first kappa shape index (κ1) is 15.1. The molecule has 5 heteroatoms. The van der Waals surface area contributed by atoms with Crippen molar-refractivity contribution in [3.8, 4) is 5.75 Å². The normalized spacial score (nSPS) is 23.9. The molecule has 4 nitrogen and oxygen atoms in total. The molecule has 110 valence electrons. The van der Waals surface area contributed by atoms with Crippen molar-refractivity contribution in [2.24, 2.45) is 0 Å². The van der Waals surface area contributed by atoms with Gasteiger partial charge in [-0.1, -0.05) is 24.4 Å². The van der Waals surface area contributed by atoms with Crippen molar-refractivity contribution in [1.82, 2.24) is 5.32 Å². The van der Waals surface area contributed by atoms with Crippen molar-refractivity contribution in [2.75, 3.05) is 0 Å². The highest BCUT2D eigenvalue weighted by atomic mass is 35.5. The summed E-state index contributed by atoms with van der Waals surface area (Å²) in [6.07, 6.45) is 2.57. The summed E-state index contributed by atoms with van der Waals surface area (Å²) in [5.74, 6) is 0.396. The second-order valence-electron chi connectivity index (χ2n) is 5.18. The Morgan fingerprint density at radius 3 is 2.65 bits per heavy atom. The zero-order valence-corrected chi connectivity index (χ0v) is 12.3. The van der Waals surface area contributed by atoms with Gasteiger partial charge >= 0.3 is 0 Å². The van der Waals surface area contributed by atoms with Crippen molar-refractivity contribution in [3.63, 3.8) is 0 Å². The van der Waals surface area contributed by atoms with Crippen LogP contribution in [0.2, 0.25) is 5.02 Å². The molecular weight excluding hydrogens is 278 g/mol. The zero-order chi connectivity index (χ0) is 14.5. The van der Waals surface area contributed by atoms with E-state index in [1.165, 1.54) is 0 Å². The summed E-state index contributed by atoms with van der Waals surface area (Å²) < 4.78 is 5.56. The van der Waals surface area contributed by atoms with Gasteiger partial charge in [-0.25, -0.2) is 0 Å². The molecule has 20 heavy (non-hydrogen) atoms. The van der Waals surface area contributed by atoms with Gasteiger partial charge in [0.1, 0.15) is 5.75 Å². The monoisotopic (exact) mass is 297 g/mol. The van der Waals surface area contributed by atoms with E-state index >= 15 is 0 Å². The summed E-state index contributed by atoms with van der Waals surface area (Å²) in [5, 5.41) is 13.3. The molecule has 1 unspecified atom stereocenters. The molecule has 1 saturated carbocycles. The second-order valence-corrected chi connectivity index (χ2v) is 5.62. The van der Waals surface area contributed by atoms with Crippen molar-refractivity contribution < 1.29 is 14.6 Å². The van der Waals surface area contributed by atoms with Gasteiger partial charge in [-0.05, 0) is 44.0 Å². The first-order valence-corrected chi connectivity index (χ1v) is 7.34. The molecule has 0 spiro atoms. The molecular formula is C15H20ClNO3. The quantitative estimate of drug-likeness (QED) is 0.898. The number of amides is 1. The van der Waals surface area contributed by atoms with Crippen LogP contribution in [0, 0.1) is 0 Å². The van der Waals surface area contributed by atoms with Crippen molar-refractivity contribution in [2.45, 2.75) is 50.9 Å². The lowest BCUT2D eigenvalue weighted by Crippen LogP contribution is -2.49. The third-order valence-electron chi connectivity index (χ3n) is 3.55. The molecule has 1 aromatic carbocycles. The highest BCUT2D eigenvalue weighted by Crippen LogP contribution is 2.19. The average molecular weight is 298 g/mol. The van der Waals surface area contributed by atoms with E-state index in [1.54, 1.807) is 31.2 Å². The largest absolute Gasteiger partial charge is 0.481 e. The van der Waals surface area contributed by atoms with Gasteiger partial charge in [0.05, 0.1) is 12.1 Å². The van der Waals surface area contributed by atoms with Gasteiger partial charge in [0, 0.05) is 5.02 Å². The number of carbonyl (C=O) groups excluding carboxylic acids is 1. The summed E-state index contributed by atoms with van der Waals surface area (Å²) >= 11 is 5.79. The number of benzene rings is 1. The first-order chi connectivity index (χ1) is 9.56. The van der Waals surface area contributed by atoms with Gasteiger partial charge in [-0.3, -0.25) is 4.79 Å². The van der Waals surface area contributed by atoms with E-state index in [0.717, 1.165) is 25.7 Å². The minimum atomic E-state index is -0.606. The number of hydrogen-bond donors (Lipinski definition) is 2. The topological polar surface area (TPSA) is 58.6 Å². The van der Waals surface area contributed by atoms with Crippen LogP contribution in [-0.4, -0.2) is 29.3 Å². The number of aliphatic hydroxyl groups is 1. The van der Waals surface area contributed by atoms with Crippen LogP contribution in [0.5, 0.6) is 5.75 Å². The Labute approximate surface area is 124 Å². The fourth-order valence-electron chi connectivity index (χ4n) is 2.35. The van der Waals surface area contributed by atoms with E-state index in [9.17, 15) is 9.90 Å². The highest BCUT2D eigenvalue weighted by Gasteiger charge is 2.26. The third-order valence-corrected chi connectivity index (χ3v) is 3.80. The highest BCUT2D eigenvalue weighted by molar-refractivity contribution is 6.30.